The predicted molar refractivity (Wildman–Crippen MR) is 61.3 cm³/mol. The molecular formula is C13H13NO2. The van der Waals surface area contributed by atoms with Crippen LogP contribution in [0.5, 0.6) is 0 Å². The number of hydrogen-bond donors (Lipinski definition) is 0. The van der Waals surface area contributed by atoms with Gasteiger partial charge in [0.25, 0.3) is 0 Å². The van der Waals surface area contributed by atoms with Gasteiger partial charge in [-0.05, 0) is 29.8 Å². The largest absolute Gasteiger partial charge is 0.465 e. The van der Waals surface area contributed by atoms with E-state index in [2.05, 4.69) is 9.30 Å². The van der Waals surface area contributed by atoms with Gasteiger partial charge < -0.3 is 9.30 Å². The molecule has 16 heavy (non-hydrogen) atoms. The average molecular weight is 215 g/mol. The van der Waals surface area contributed by atoms with E-state index in [0.717, 1.165) is 12.1 Å². The van der Waals surface area contributed by atoms with Crippen molar-refractivity contribution in [2.24, 2.45) is 0 Å². The van der Waals surface area contributed by atoms with E-state index in [-0.39, 0.29) is 5.97 Å². The number of hydrogen-bond acceptors (Lipinski definition) is 2. The van der Waals surface area contributed by atoms with Gasteiger partial charge in [-0.25, -0.2) is 4.79 Å². The Bertz CT molecular complexity index is 457. The lowest BCUT2D eigenvalue weighted by Gasteiger charge is -2.04. The Hall–Kier alpha value is -2.03. The molecule has 0 saturated carbocycles. The predicted octanol–water partition coefficient (Wildman–Crippen LogP) is 2.32. The SMILES string of the molecule is COC(=O)c1ccc(Cn2cccc2)cc1. The van der Waals surface area contributed by atoms with Crippen molar-refractivity contribution < 1.29 is 9.53 Å². The molecule has 2 rings (SSSR count). The van der Waals surface area contributed by atoms with E-state index in [0.29, 0.717) is 5.56 Å². The summed E-state index contributed by atoms with van der Waals surface area (Å²) in [6.45, 7) is 0.814. The minimum Gasteiger partial charge on any atom is -0.465 e. The molecule has 1 aromatic heterocycles. The van der Waals surface area contributed by atoms with Crippen LogP contribution in [0, 0.1) is 0 Å². The van der Waals surface area contributed by atoms with Crippen molar-refractivity contribution in [3.63, 3.8) is 0 Å². The van der Waals surface area contributed by atoms with E-state index in [1.54, 1.807) is 12.1 Å². The highest BCUT2D eigenvalue weighted by molar-refractivity contribution is 5.89. The Morgan fingerprint density at radius 3 is 2.38 bits per heavy atom. The van der Waals surface area contributed by atoms with Crippen LogP contribution in [-0.4, -0.2) is 17.6 Å². The van der Waals surface area contributed by atoms with E-state index >= 15 is 0 Å². The van der Waals surface area contributed by atoms with Crippen molar-refractivity contribution in [2.45, 2.75) is 6.54 Å². The van der Waals surface area contributed by atoms with Gasteiger partial charge in [0.15, 0.2) is 0 Å². The van der Waals surface area contributed by atoms with Gasteiger partial charge in [-0.15, -0.1) is 0 Å². The van der Waals surface area contributed by atoms with Crippen LogP contribution in [0.4, 0.5) is 0 Å². The zero-order valence-electron chi connectivity index (χ0n) is 9.09. The normalized spacial score (nSPS) is 10.1. The van der Waals surface area contributed by atoms with E-state index in [1.807, 2.05) is 36.7 Å². The molecule has 0 aliphatic heterocycles. The van der Waals surface area contributed by atoms with Gasteiger partial charge in [0.2, 0.25) is 0 Å². The summed E-state index contributed by atoms with van der Waals surface area (Å²) in [5.41, 5.74) is 1.74. The van der Waals surface area contributed by atoms with Gasteiger partial charge >= 0.3 is 5.97 Å². The highest BCUT2D eigenvalue weighted by atomic mass is 16.5. The molecular weight excluding hydrogens is 202 g/mol. The van der Waals surface area contributed by atoms with Crippen LogP contribution >= 0.6 is 0 Å². The summed E-state index contributed by atoms with van der Waals surface area (Å²) in [4.78, 5) is 11.2. The van der Waals surface area contributed by atoms with E-state index in [1.165, 1.54) is 7.11 Å². The highest BCUT2D eigenvalue weighted by Gasteiger charge is 2.03. The number of methoxy groups -OCH3 is 1. The number of nitrogens with zero attached hydrogens (tertiary/aromatic N) is 1. The number of carbonyl (C=O) groups is 1. The fraction of sp³-hybridized carbons (Fsp3) is 0.154. The Morgan fingerprint density at radius 2 is 1.81 bits per heavy atom. The molecule has 1 heterocycles. The van der Waals surface area contributed by atoms with Crippen LogP contribution in [0.15, 0.2) is 48.8 Å². The fourth-order valence-electron chi connectivity index (χ4n) is 1.55. The van der Waals surface area contributed by atoms with Crippen molar-refractivity contribution in [3.05, 3.63) is 59.9 Å². The fourth-order valence-corrected chi connectivity index (χ4v) is 1.55. The number of carbonyl (C=O) groups excluding carboxylic acids is 1. The van der Waals surface area contributed by atoms with Crippen LogP contribution in [0.1, 0.15) is 15.9 Å². The second-order valence-electron chi connectivity index (χ2n) is 3.54. The van der Waals surface area contributed by atoms with E-state index < -0.39 is 0 Å². The van der Waals surface area contributed by atoms with Gasteiger partial charge in [-0.3, -0.25) is 0 Å². The number of ether oxygens (including phenoxy) is 1. The van der Waals surface area contributed by atoms with Crippen molar-refractivity contribution in [2.75, 3.05) is 7.11 Å². The van der Waals surface area contributed by atoms with Crippen LogP contribution in [0.25, 0.3) is 0 Å². The zero-order chi connectivity index (χ0) is 11.4. The number of esters is 1. The molecule has 3 nitrogen and oxygen atoms in total. The summed E-state index contributed by atoms with van der Waals surface area (Å²) < 4.78 is 6.71. The first-order valence-corrected chi connectivity index (χ1v) is 5.07. The number of aromatic nitrogens is 1. The quantitative estimate of drug-likeness (QED) is 0.736. The smallest absolute Gasteiger partial charge is 0.337 e. The maximum absolute atomic E-state index is 11.2. The molecule has 0 spiro atoms. The monoisotopic (exact) mass is 215 g/mol. The van der Waals surface area contributed by atoms with E-state index in [9.17, 15) is 4.79 Å². The van der Waals surface area contributed by atoms with Crippen molar-refractivity contribution in [1.82, 2.24) is 4.57 Å². The number of benzene rings is 1. The lowest BCUT2D eigenvalue weighted by Crippen LogP contribution is -2.02. The molecule has 0 N–H and O–H groups in total. The molecule has 0 radical (unpaired) electrons. The van der Waals surface area contributed by atoms with E-state index in [4.69, 9.17) is 0 Å². The van der Waals surface area contributed by atoms with Gasteiger partial charge in [0.1, 0.15) is 0 Å². The second-order valence-corrected chi connectivity index (χ2v) is 3.54. The maximum atomic E-state index is 11.2. The summed E-state index contributed by atoms with van der Waals surface area (Å²) in [6.07, 6.45) is 4.02. The minimum absolute atomic E-state index is 0.299. The van der Waals surface area contributed by atoms with Crippen molar-refractivity contribution in [3.8, 4) is 0 Å². The molecule has 3 heteroatoms. The molecule has 2 aromatic rings. The van der Waals surface area contributed by atoms with Crippen LogP contribution < -0.4 is 0 Å². The summed E-state index contributed by atoms with van der Waals surface area (Å²) in [6, 6.07) is 11.4. The number of rotatable bonds is 3. The zero-order valence-corrected chi connectivity index (χ0v) is 9.09. The van der Waals surface area contributed by atoms with Crippen LogP contribution in [0.2, 0.25) is 0 Å². The third-order valence-electron chi connectivity index (χ3n) is 2.41. The molecule has 0 aliphatic rings. The lowest BCUT2D eigenvalue weighted by atomic mass is 10.1. The van der Waals surface area contributed by atoms with Crippen LogP contribution in [-0.2, 0) is 11.3 Å². The van der Waals surface area contributed by atoms with Gasteiger partial charge in [-0.1, -0.05) is 12.1 Å². The Labute approximate surface area is 94.3 Å². The summed E-state index contributed by atoms with van der Waals surface area (Å²) in [5.74, 6) is -0.299. The first kappa shape index (κ1) is 10.5. The molecule has 0 aliphatic carbocycles. The van der Waals surface area contributed by atoms with Gasteiger partial charge in [0.05, 0.1) is 12.7 Å². The molecule has 0 unspecified atom stereocenters. The standard InChI is InChI=1S/C13H13NO2/c1-16-13(15)12-6-4-11(5-7-12)10-14-8-2-3-9-14/h2-9H,10H2,1H3. The third-order valence-corrected chi connectivity index (χ3v) is 2.41. The van der Waals surface area contributed by atoms with Crippen molar-refractivity contribution in [1.29, 1.82) is 0 Å². The Morgan fingerprint density at radius 1 is 1.19 bits per heavy atom. The molecule has 0 amide bonds. The average Bonchev–Trinajstić information content (AvgIpc) is 2.82. The van der Waals surface area contributed by atoms with Gasteiger partial charge in [0, 0.05) is 18.9 Å². The first-order chi connectivity index (χ1) is 7.79. The summed E-state index contributed by atoms with van der Waals surface area (Å²) in [7, 11) is 1.38. The Balaban J connectivity index is 2.10. The minimum atomic E-state index is -0.299. The first-order valence-electron chi connectivity index (χ1n) is 5.07. The Kier molecular flexibility index (Phi) is 3.05. The van der Waals surface area contributed by atoms with Crippen LogP contribution in [0.3, 0.4) is 0 Å². The molecule has 0 atom stereocenters. The molecule has 0 bridgehead atoms. The molecule has 82 valence electrons. The molecule has 0 fully saturated rings. The third kappa shape index (κ3) is 2.31. The second kappa shape index (κ2) is 4.66. The lowest BCUT2D eigenvalue weighted by molar-refractivity contribution is 0.0600. The molecule has 0 saturated heterocycles. The van der Waals surface area contributed by atoms with Gasteiger partial charge in [-0.2, -0.15) is 0 Å². The summed E-state index contributed by atoms with van der Waals surface area (Å²) >= 11 is 0. The maximum Gasteiger partial charge on any atom is 0.337 e. The summed E-state index contributed by atoms with van der Waals surface area (Å²) in [5, 5.41) is 0. The molecule has 1 aromatic carbocycles. The topological polar surface area (TPSA) is 31.2 Å². The van der Waals surface area contributed by atoms with Crippen molar-refractivity contribution >= 4 is 5.97 Å². The highest BCUT2D eigenvalue weighted by Crippen LogP contribution is 2.07.